The van der Waals surface area contributed by atoms with Gasteiger partial charge in [-0.05, 0) is 56.2 Å². The van der Waals surface area contributed by atoms with Gasteiger partial charge in [-0.1, -0.05) is 31.0 Å². The number of aromatic amines is 1. The van der Waals surface area contributed by atoms with Crippen molar-refractivity contribution < 1.29 is 4.79 Å². The number of benzene rings is 1. The van der Waals surface area contributed by atoms with Crippen LogP contribution in [0.15, 0.2) is 30.5 Å². The lowest BCUT2D eigenvalue weighted by atomic mass is 9.78. The number of H-pyrrole nitrogens is 1. The summed E-state index contributed by atoms with van der Waals surface area (Å²) in [7, 11) is 0. The minimum atomic E-state index is 0.186. The Bertz CT molecular complexity index is 721. The van der Waals surface area contributed by atoms with Gasteiger partial charge in [-0.25, -0.2) is 0 Å². The average Bonchev–Trinajstić information content (AvgIpc) is 3.05. The van der Waals surface area contributed by atoms with Crippen LogP contribution in [0.2, 0.25) is 0 Å². The van der Waals surface area contributed by atoms with E-state index in [1.54, 1.807) is 0 Å². The van der Waals surface area contributed by atoms with E-state index in [0.717, 1.165) is 18.9 Å². The van der Waals surface area contributed by atoms with E-state index < -0.39 is 0 Å². The second-order valence-corrected chi connectivity index (χ2v) is 7.68. The maximum Gasteiger partial charge on any atom is 0.234 e. The quantitative estimate of drug-likeness (QED) is 0.876. The van der Waals surface area contributed by atoms with Crippen LogP contribution in [0.1, 0.15) is 44.1 Å². The van der Waals surface area contributed by atoms with Gasteiger partial charge in [0.1, 0.15) is 0 Å². The van der Waals surface area contributed by atoms with Crippen molar-refractivity contribution >= 4 is 16.8 Å². The molecule has 1 saturated carbocycles. The third-order valence-corrected chi connectivity index (χ3v) is 6.10. The van der Waals surface area contributed by atoms with Crippen LogP contribution in [0.5, 0.6) is 0 Å². The molecule has 4 heteroatoms. The maximum absolute atomic E-state index is 12.4. The van der Waals surface area contributed by atoms with Gasteiger partial charge in [0.2, 0.25) is 5.91 Å². The first-order valence-electron chi connectivity index (χ1n) is 9.87. The molecule has 1 amide bonds. The molecule has 2 N–H and O–H groups in total. The highest BCUT2D eigenvalue weighted by Gasteiger charge is 2.33. The van der Waals surface area contributed by atoms with Crippen molar-refractivity contribution in [1.29, 1.82) is 0 Å². The number of rotatable bonds is 5. The molecule has 4 rings (SSSR count). The lowest BCUT2D eigenvalue weighted by Crippen LogP contribution is -2.50. The van der Waals surface area contributed by atoms with Crippen molar-refractivity contribution in [1.82, 2.24) is 15.2 Å². The number of hydrogen-bond donors (Lipinski definition) is 2. The number of likely N-dealkylation sites (tertiary alicyclic amines) is 1. The first-order valence-corrected chi connectivity index (χ1v) is 9.87. The van der Waals surface area contributed by atoms with Crippen molar-refractivity contribution in [3.05, 3.63) is 36.0 Å². The van der Waals surface area contributed by atoms with E-state index in [9.17, 15) is 4.79 Å². The molecule has 0 radical (unpaired) electrons. The Morgan fingerprint density at radius 1 is 1.16 bits per heavy atom. The molecule has 25 heavy (non-hydrogen) atoms. The first-order chi connectivity index (χ1) is 12.3. The number of nitrogens with one attached hydrogen (secondary N) is 2. The zero-order chi connectivity index (χ0) is 17.1. The monoisotopic (exact) mass is 339 g/mol. The lowest BCUT2D eigenvalue weighted by molar-refractivity contribution is -0.123. The average molecular weight is 339 g/mol. The summed E-state index contributed by atoms with van der Waals surface area (Å²) in [6.45, 7) is 2.38. The van der Waals surface area contributed by atoms with E-state index in [2.05, 4.69) is 39.6 Å². The molecule has 2 heterocycles. The Balaban J connectivity index is 1.27. The SMILES string of the molecule is O=C(CN1CCC[C@H]2CCCC[C@@H]21)NCCc1c[nH]c2ccccc12. The van der Waals surface area contributed by atoms with E-state index in [1.807, 2.05) is 6.07 Å². The summed E-state index contributed by atoms with van der Waals surface area (Å²) >= 11 is 0. The van der Waals surface area contributed by atoms with Crippen LogP contribution in [0, 0.1) is 5.92 Å². The molecule has 2 fully saturated rings. The number of fused-ring (bicyclic) bond motifs is 2. The number of hydrogen-bond acceptors (Lipinski definition) is 2. The topological polar surface area (TPSA) is 48.1 Å². The molecule has 0 spiro atoms. The van der Waals surface area contributed by atoms with Gasteiger partial charge in [0, 0.05) is 29.7 Å². The van der Waals surface area contributed by atoms with Crippen LogP contribution < -0.4 is 5.32 Å². The normalized spacial score (nSPS) is 24.2. The van der Waals surface area contributed by atoms with Gasteiger partial charge in [-0.2, -0.15) is 0 Å². The highest BCUT2D eigenvalue weighted by molar-refractivity contribution is 5.83. The lowest BCUT2D eigenvalue weighted by Gasteiger charge is -2.43. The van der Waals surface area contributed by atoms with Gasteiger partial charge < -0.3 is 10.3 Å². The molecular formula is C21H29N3O. The summed E-state index contributed by atoms with van der Waals surface area (Å²) in [6.07, 6.45) is 10.9. The van der Waals surface area contributed by atoms with E-state index in [4.69, 9.17) is 0 Å². The van der Waals surface area contributed by atoms with Gasteiger partial charge in [0.25, 0.3) is 0 Å². The van der Waals surface area contributed by atoms with Gasteiger partial charge in [-0.3, -0.25) is 9.69 Å². The minimum absolute atomic E-state index is 0.186. The zero-order valence-electron chi connectivity index (χ0n) is 15.0. The summed E-state index contributed by atoms with van der Waals surface area (Å²) in [6, 6.07) is 8.99. The Morgan fingerprint density at radius 2 is 2.00 bits per heavy atom. The molecule has 0 bridgehead atoms. The first kappa shape index (κ1) is 16.6. The van der Waals surface area contributed by atoms with Crippen LogP contribution in [-0.4, -0.2) is 41.5 Å². The van der Waals surface area contributed by atoms with E-state index in [0.29, 0.717) is 19.1 Å². The third kappa shape index (κ3) is 3.74. The van der Waals surface area contributed by atoms with Gasteiger partial charge in [-0.15, -0.1) is 0 Å². The Hall–Kier alpha value is -1.81. The highest BCUT2D eigenvalue weighted by atomic mass is 16.2. The van der Waals surface area contributed by atoms with Gasteiger partial charge in [0.05, 0.1) is 6.54 Å². The predicted molar refractivity (Wildman–Crippen MR) is 102 cm³/mol. The summed E-state index contributed by atoms with van der Waals surface area (Å²) in [5, 5.41) is 4.40. The van der Waals surface area contributed by atoms with Crippen molar-refractivity contribution in [2.45, 2.75) is 51.0 Å². The molecule has 2 atom stereocenters. The predicted octanol–water partition coefficient (Wildman–Crippen LogP) is 3.48. The maximum atomic E-state index is 12.4. The molecule has 4 nitrogen and oxygen atoms in total. The number of amides is 1. The molecule has 0 unspecified atom stereocenters. The number of aromatic nitrogens is 1. The Kier molecular flexibility index (Phi) is 5.07. The standard InChI is InChI=1S/C21H29N3O/c25-21(15-24-13-5-7-16-6-1-4-10-20(16)24)22-12-11-17-14-23-19-9-3-2-8-18(17)19/h2-3,8-9,14,16,20,23H,1,4-7,10-13,15H2,(H,22,25)/t16-,20+/m1/s1. The molecule has 134 valence electrons. The number of carbonyl (C=O) groups is 1. The van der Waals surface area contributed by atoms with Crippen LogP contribution in [0.25, 0.3) is 10.9 Å². The second-order valence-electron chi connectivity index (χ2n) is 7.68. The van der Waals surface area contributed by atoms with Crippen molar-refractivity contribution in [2.75, 3.05) is 19.6 Å². The van der Waals surface area contributed by atoms with Gasteiger partial charge in [0.15, 0.2) is 0 Å². The smallest absolute Gasteiger partial charge is 0.234 e. The fourth-order valence-electron chi connectivity index (χ4n) is 4.84. The number of piperidine rings is 1. The summed E-state index contributed by atoms with van der Waals surface area (Å²) in [5.41, 5.74) is 2.45. The molecule has 2 aliphatic rings. The third-order valence-electron chi connectivity index (χ3n) is 6.10. The number of carbonyl (C=O) groups excluding carboxylic acids is 1. The Labute approximate surface area is 150 Å². The highest BCUT2D eigenvalue weighted by Crippen LogP contribution is 2.34. The molecule has 1 aliphatic carbocycles. The summed E-state index contributed by atoms with van der Waals surface area (Å²) in [5.74, 6) is 1.02. The van der Waals surface area contributed by atoms with Crippen LogP contribution in [0.4, 0.5) is 0 Å². The fourth-order valence-corrected chi connectivity index (χ4v) is 4.84. The van der Waals surface area contributed by atoms with E-state index in [-0.39, 0.29) is 5.91 Å². The Morgan fingerprint density at radius 3 is 2.96 bits per heavy atom. The van der Waals surface area contributed by atoms with Crippen LogP contribution >= 0.6 is 0 Å². The van der Waals surface area contributed by atoms with E-state index >= 15 is 0 Å². The largest absolute Gasteiger partial charge is 0.361 e. The van der Waals surface area contributed by atoms with Crippen LogP contribution in [0.3, 0.4) is 0 Å². The molecule has 1 saturated heterocycles. The summed E-state index contributed by atoms with van der Waals surface area (Å²) in [4.78, 5) is 18.2. The zero-order valence-corrected chi connectivity index (χ0v) is 15.0. The molecule has 1 aromatic heterocycles. The van der Waals surface area contributed by atoms with Crippen molar-refractivity contribution in [3.8, 4) is 0 Å². The molecular weight excluding hydrogens is 310 g/mol. The second kappa shape index (κ2) is 7.61. The van der Waals surface area contributed by atoms with Gasteiger partial charge >= 0.3 is 0 Å². The summed E-state index contributed by atoms with van der Waals surface area (Å²) < 4.78 is 0. The van der Waals surface area contributed by atoms with Crippen molar-refractivity contribution in [3.63, 3.8) is 0 Å². The fraction of sp³-hybridized carbons (Fsp3) is 0.571. The minimum Gasteiger partial charge on any atom is -0.361 e. The van der Waals surface area contributed by atoms with Crippen LogP contribution in [-0.2, 0) is 11.2 Å². The van der Waals surface area contributed by atoms with E-state index in [1.165, 1.54) is 55.0 Å². The molecule has 1 aromatic carbocycles. The molecule has 2 aromatic rings. The van der Waals surface area contributed by atoms with Crippen molar-refractivity contribution in [2.24, 2.45) is 5.92 Å². The number of nitrogens with zero attached hydrogens (tertiary/aromatic N) is 1. The molecule has 1 aliphatic heterocycles. The number of para-hydroxylation sites is 1.